The average molecular weight is 172 g/mol. The van der Waals surface area contributed by atoms with Crippen LogP contribution < -0.4 is 0 Å². The summed E-state index contributed by atoms with van der Waals surface area (Å²) < 4.78 is 0. The molecule has 0 bridgehead atoms. The number of nitrogens with zero attached hydrogens (tertiary/aromatic N) is 2. The molecule has 0 spiro atoms. The molecule has 2 rings (SSSR count). The summed E-state index contributed by atoms with van der Waals surface area (Å²) in [4.78, 5) is 0. The van der Waals surface area contributed by atoms with E-state index in [-0.39, 0.29) is 0 Å². The fourth-order valence-corrected chi connectivity index (χ4v) is 1.59. The van der Waals surface area contributed by atoms with Gasteiger partial charge < -0.3 is 0 Å². The standard InChI is InChI=1S/C11H12N2/c1-9-4-2-3-5-11(9)10-6-7-12-13-8-10/h2-7,10H,8H2,1H3. The summed E-state index contributed by atoms with van der Waals surface area (Å²) in [6, 6.07) is 8.43. The lowest BCUT2D eigenvalue weighted by molar-refractivity contribution is 0.776. The Labute approximate surface area is 78.0 Å². The van der Waals surface area contributed by atoms with E-state index in [1.165, 1.54) is 11.1 Å². The number of aryl methyl sites for hydroxylation is 1. The van der Waals surface area contributed by atoms with Crippen LogP contribution in [0.2, 0.25) is 0 Å². The van der Waals surface area contributed by atoms with Crippen LogP contribution in [0, 0.1) is 6.92 Å². The van der Waals surface area contributed by atoms with Gasteiger partial charge in [0.05, 0.1) is 6.54 Å². The first-order valence-corrected chi connectivity index (χ1v) is 4.47. The highest BCUT2D eigenvalue weighted by atomic mass is 15.1. The third-order valence-electron chi connectivity index (χ3n) is 2.33. The molecule has 1 aromatic carbocycles. The van der Waals surface area contributed by atoms with Gasteiger partial charge in [-0.25, -0.2) is 0 Å². The SMILES string of the molecule is Cc1ccccc1C1C=CN=NC1. The minimum atomic E-state index is 0.415. The molecule has 1 heterocycles. The zero-order valence-electron chi connectivity index (χ0n) is 7.64. The van der Waals surface area contributed by atoms with Crippen LogP contribution in [0.3, 0.4) is 0 Å². The predicted molar refractivity (Wildman–Crippen MR) is 52.8 cm³/mol. The van der Waals surface area contributed by atoms with E-state index >= 15 is 0 Å². The highest BCUT2D eigenvalue weighted by molar-refractivity contribution is 5.32. The topological polar surface area (TPSA) is 24.7 Å². The molecule has 1 aliphatic heterocycles. The van der Waals surface area contributed by atoms with E-state index in [1.54, 1.807) is 6.20 Å². The second-order valence-corrected chi connectivity index (χ2v) is 3.24. The zero-order valence-corrected chi connectivity index (χ0v) is 7.64. The third kappa shape index (κ3) is 1.66. The van der Waals surface area contributed by atoms with Crippen molar-refractivity contribution in [1.82, 2.24) is 0 Å². The summed E-state index contributed by atoms with van der Waals surface area (Å²) in [5, 5.41) is 7.84. The van der Waals surface area contributed by atoms with Gasteiger partial charge in [-0.05, 0) is 18.1 Å². The van der Waals surface area contributed by atoms with Gasteiger partial charge in [0.15, 0.2) is 0 Å². The van der Waals surface area contributed by atoms with Crippen molar-refractivity contribution in [2.75, 3.05) is 6.54 Å². The smallest absolute Gasteiger partial charge is 0.0707 e. The van der Waals surface area contributed by atoms with Gasteiger partial charge in [0.2, 0.25) is 0 Å². The molecular formula is C11H12N2. The molecule has 0 fully saturated rings. The van der Waals surface area contributed by atoms with Crippen LogP contribution in [0.1, 0.15) is 17.0 Å². The molecule has 0 aliphatic carbocycles. The first kappa shape index (κ1) is 8.17. The minimum Gasteiger partial charge on any atom is -0.188 e. The fraction of sp³-hybridized carbons (Fsp3) is 0.273. The average Bonchev–Trinajstić information content (AvgIpc) is 2.20. The van der Waals surface area contributed by atoms with E-state index in [1.807, 2.05) is 0 Å². The summed E-state index contributed by atoms with van der Waals surface area (Å²) in [6.45, 7) is 2.91. The molecule has 0 saturated carbocycles. The van der Waals surface area contributed by atoms with Gasteiger partial charge in [-0.15, -0.1) is 0 Å². The lowest BCUT2D eigenvalue weighted by Crippen LogP contribution is -2.03. The molecule has 0 N–H and O–H groups in total. The first-order valence-electron chi connectivity index (χ1n) is 4.47. The lowest BCUT2D eigenvalue weighted by Gasteiger charge is -2.14. The molecular weight excluding hydrogens is 160 g/mol. The minimum absolute atomic E-state index is 0.415. The highest BCUT2D eigenvalue weighted by Crippen LogP contribution is 2.23. The van der Waals surface area contributed by atoms with Crippen molar-refractivity contribution in [2.45, 2.75) is 12.8 Å². The second-order valence-electron chi connectivity index (χ2n) is 3.24. The highest BCUT2D eigenvalue weighted by Gasteiger charge is 2.11. The van der Waals surface area contributed by atoms with E-state index in [9.17, 15) is 0 Å². The molecule has 1 atom stereocenters. The van der Waals surface area contributed by atoms with Gasteiger partial charge in [0.25, 0.3) is 0 Å². The lowest BCUT2D eigenvalue weighted by atomic mass is 9.94. The summed E-state index contributed by atoms with van der Waals surface area (Å²) in [5.74, 6) is 0.415. The maximum atomic E-state index is 4.01. The van der Waals surface area contributed by atoms with Crippen LogP contribution >= 0.6 is 0 Å². The number of azo groups is 1. The molecule has 1 aromatic rings. The zero-order chi connectivity index (χ0) is 9.10. The molecule has 1 unspecified atom stereocenters. The number of hydrogen-bond donors (Lipinski definition) is 0. The van der Waals surface area contributed by atoms with E-state index < -0.39 is 0 Å². The number of benzene rings is 1. The third-order valence-corrected chi connectivity index (χ3v) is 2.33. The Balaban J connectivity index is 2.30. The fourth-order valence-electron chi connectivity index (χ4n) is 1.59. The van der Waals surface area contributed by atoms with E-state index in [0.717, 1.165) is 6.54 Å². The van der Waals surface area contributed by atoms with Crippen molar-refractivity contribution in [3.8, 4) is 0 Å². The van der Waals surface area contributed by atoms with Crippen molar-refractivity contribution in [1.29, 1.82) is 0 Å². The Morgan fingerprint density at radius 3 is 2.85 bits per heavy atom. The largest absolute Gasteiger partial charge is 0.188 e. The van der Waals surface area contributed by atoms with Gasteiger partial charge >= 0.3 is 0 Å². The van der Waals surface area contributed by atoms with Gasteiger partial charge in [-0.2, -0.15) is 10.2 Å². The molecule has 0 aromatic heterocycles. The molecule has 1 aliphatic rings. The Hall–Kier alpha value is -1.44. The molecule has 66 valence electrons. The Morgan fingerprint density at radius 1 is 1.31 bits per heavy atom. The second kappa shape index (κ2) is 3.52. The molecule has 2 heteroatoms. The molecule has 0 saturated heterocycles. The summed E-state index contributed by atoms with van der Waals surface area (Å²) in [6.07, 6.45) is 3.88. The monoisotopic (exact) mass is 172 g/mol. The van der Waals surface area contributed by atoms with Crippen LogP contribution in [0.15, 0.2) is 46.8 Å². The Morgan fingerprint density at radius 2 is 2.15 bits per heavy atom. The number of hydrogen-bond acceptors (Lipinski definition) is 2. The van der Waals surface area contributed by atoms with E-state index in [2.05, 4.69) is 47.5 Å². The van der Waals surface area contributed by atoms with Crippen molar-refractivity contribution < 1.29 is 0 Å². The van der Waals surface area contributed by atoms with Crippen LogP contribution in [-0.4, -0.2) is 6.54 Å². The normalized spacial score (nSPS) is 20.5. The van der Waals surface area contributed by atoms with Crippen LogP contribution in [-0.2, 0) is 0 Å². The first-order chi connectivity index (χ1) is 6.38. The predicted octanol–water partition coefficient (Wildman–Crippen LogP) is 3.06. The summed E-state index contributed by atoms with van der Waals surface area (Å²) >= 11 is 0. The van der Waals surface area contributed by atoms with Crippen LogP contribution in [0.5, 0.6) is 0 Å². The Kier molecular flexibility index (Phi) is 2.21. The van der Waals surface area contributed by atoms with Gasteiger partial charge in [0, 0.05) is 12.1 Å². The number of rotatable bonds is 1. The molecule has 13 heavy (non-hydrogen) atoms. The van der Waals surface area contributed by atoms with Gasteiger partial charge in [-0.1, -0.05) is 30.3 Å². The van der Waals surface area contributed by atoms with Crippen molar-refractivity contribution in [3.63, 3.8) is 0 Å². The van der Waals surface area contributed by atoms with Crippen molar-refractivity contribution in [3.05, 3.63) is 47.7 Å². The summed E-state index contributed by atoms with van der Waals surface area (Å²) in [7, 11) is 0. The van der Waals surface area contributed by atoms with E-state index in [0.29, 0.717) is 5.92 Å². The van der Waals surface area contributed by atoms with Crippen LogP contribution in [0.4, 0.5) is 0 Å². The van der Waals surface area contributed by atoms with E-state index in [4.69, 9.17) is 0 Å². The Bertz CT molecular complexity index is 353. The summed E-state index contributed by atoms with van der Waals surface area (Å²) in [5.41, 5.74) is 2.69. The van der Waals surface area contributed by atoms with Gasteiger partial charge in [-0.3, -0.25) is 0 Å². The quantitative estimate of drug-likeness (QED) is 0.622. The molecule has 0 amide bonds. The van der Waals surface area contributed by atoms with Crippen LogP contribution in [0.25, 0.3) is 0 Å². The van der Waals surface area contributed by atoms with Crippen molar-refractivity contribution in [2.24, 2.45) is 10.2 Å². The maximum absolute atomic E-state index is 4.01. The van der Waals surface area contributed by atoms with Crippen molar-refractivity contribution >= 4 is 0 Å². The van der Waals surface area contributed by atoms with Gasteiger partial charge in [0.1, 0.15) is 0 Å². The molecule has 0 radical (unpaired) electrons. The molecule has 2 nitrogen and oxygen atoms in total. The maximum Gasteiger partial charge on any atom is 0.0707 e.